The molecule has 0 unspecified atom stereocenters. The van der Waals surface area contributed by atoms with E-state index in [1.165, 1.54) is 11.8 Å². The summed E-state index contributed by atoms with van der Waals surface area (Å²) in [6.45, 7) is 0.543. The van der Waals surface area contributed by atoms with Crippen LogP contribution in [0.2, 0.25) is 5.02 Å². The summed E-state index contributed by atoms with van der Waals surface area (Å²) < 4.78 is 5.60. The third-order valence-corrected chi connectivity index (χ3v) is 5.03. The van der Waals surface area contributed by atoms with Crippen molar-refractivity contribution < 1.29 is 4.74 Å². The lowest BCUT2D eigenvalue weighted by Crippen LogP contribution is -2.15. The summed E-state index contributed by atoms with van der Waals surface area (Å²) in [7, 11) is 0. The van der Waals surface area contributed by atoms with E-state index in [4.69, 9.17) is 16.3 Å². The van der Waals surface area contributed by atoms with Crippen LogP contribution in [0.15, 0.2) is 34.2 Å². The molecule has 7 heteroatoms. The molecule has 0 bridgehead atoms. The first kappa shape index (κ1) is 14.8. The zero-order valence-corrected chi connectivity index (χ0v) is 13.5. The molecule has 0 saturated heterocycles. The predicted octanol–water partition coefficient (Wildman–Crippen LogP) is 3.34. The van der Waals surface area contributed by atoms with Gasteiger partial charge in [-0.25, -0.2) is 4.98 Å². The van der Waals surface area contributed by atoms with Gasteiger partial charge < -0.3 is 9.72 Å². The lowest BCUT2D eigenvalue weighted by atomic mass is 10.3. The standard InChI is InChI=1S/C14H13ClN2O2S2/c15-9-1-3-10(4-2-9)19-5-6-21-14-16-12-8-20-7-11(12)13(18)17-14/h1-4H,5-8H2,(H,16,17,18). The van der Waals surface area contributed by atoms with Crippen LogP contribution in [-0.4, -0.2) is 22.3 Å². The first-order valence-electron chi connectivity index (χ1n) is 6.43. The summed E-state index contributed by atoms with van der Waals surface area (Å²) in [6, 6.07) is 7.25. The Labute approximate surface area is 135 Å². The molecule has 4 nitrogen and oxygen atoms in total. The Morgan fingerprint density at radius 3 is 2.95 bits per heavy atom. The Morgan fingerprint density at radius 2 is 2.14 bits per heavy atom. The topological polar surface area (TPSA) is 55.0 Å². The largest absolute Gasteiger partial charge is 0.493 e. The van der Waals surface area contributed by atoms with Crippen molar-refractivity contribution in [2.45, 2.75) is 16.7 Å². The van der Waals surface area contributed by atoms with Crippen LogP contribution in [0, 0.1) is 0 Å². The second-order valence-electron chi connectivity index (χ2n) is 4.44. The summed E-state index contributed by atoms with van der Waals surface area (Å²) in [5.41, 5.74) is 1.73. The van der Waals surface area contributed by atoms with Gasteiger partial charge in [0, 0.05) is 27.8 Å². The fourth-order valence-electron chi connectivity index (χ4n) is 1.94. The molecular weight excluding hydrogens is 328 g/mol. The maximum atomic E-state index is 11.9. The molecule has 1 N–H and O–H groups in total. The van der Waals surface area contributed by atoms with Gasteiger partial charge in [0.15, 0.2) is 5.16 Å². The van der Waals surface area contributed by atoms with E-state index in [1.807, 2.05) is 12.1 Å². The van der Waals surface area contributed by atoms with E-state index >= 15 is 0 Å². The van der Waals surface area contributed by atoms with Crippen molar-refractivity contribution in [1.82, 2.24) is 9.97 Å². The Bertz CT molecular complexity index is 688. The SMILES string of the molecule is O=c1[nH]c(SCCOc2ccc(Cl)cc2)nc2c1CSC2. The molecule has 1 aromatic heterocycles. The molecular formula is C14H13ClN2O2S2. The highest BCUT2D eigenvalue weighted by Crippen LogP contribution is 2.26. The van der Waals surface area contributed by atoms with Gasteiger partial charge in [-0.1, -0.05) is 23.4 Å². The van der Waals surface area contributed by atoms with Crippen molar-refractivity contribution in [1.29, 1.82) is 0 Å². The van der Waals surface area contributed by atoms with E-state index < -0.39 is 0 Å². The minimum atomic E-state index is -0.00822. The molecule has 0 saturated carbocycles. The number of rotatable bonds is 5. The first-order chi connectivity index (χ1) is 10.2. The number of benzene rings is 1. The van der Waals surface area contributed by atoms with Crippen molar-refractivity contribution in [3.8, 4) is 5.75 Å². The monoisotopic (exact) mass is 340 g/mol. The van der Waals surface area contributed by atoms with Gasteiger partial charge in [-0.15, -0.1) is 0 Å². The molecule has 0 amide bonds. The van der Waals surface area contributed by atoms with Crippen molar-refractivity contribution in [3.05, 3.63) is 50.9 Å². The number of nitrogens with zero attached hydrogens (tertiary/aromatic N) is 1. The Kier molecular flexibility index (Phi) is 4.77. The average molecular weight is 341 g/mol. The van der Waals surface area contributed by atoms with Crippen molar-refractivity contribution in [3.63, 3.8) is 0 Å². The molecule has 1 aromatic carbocycles. The zero-order chi connectivity index (χ0) is 14.7. The lowest BCUT2D eigenvalue weighted by molar-refractivity contribution is 0.344. The van der Waals surface area contributed by atoms with Crippen LogP contribution in [0.4, 0.5) is 0 Å². The van der Waals surface area contributed by atoms with Crippen LogP contribution in [0.3, 0.4) is 0 Å². The Morgan fingerprint density at radius 1 is 1.33 bits per heavy atom. The Balaban J connectivity index is 1.53. The number of H-pyrrole nitrogens is 1. The minimum absolute atomic E-state index is 0.00822. The van der Waals surface area contributed by atoms with Crippen molar-refractivity contribution in [2.24, 2.45) is 0 Å². The summed E-state index contributed by atoms with van der Waals surface area (Å²) in [6.07, 6.45) is 0. The van der Waals surface area contributed by atoms with Crippen LogP contribution >= 0.6 is 35.1 Å². The van der Waals surface area contributed by atoms with Gasteiger partial charge >= 0.3 is 0 Å². The molecule has 0 spiro atoms. The summed E-state index contributed by atoms with van der Waals surface area (Å²) >= 11 is 9.03. The quantitative estimate of drug-likeness (QED) is 0.514. The van der Waals surface area contributed by atoms with Gasteiger partial charge in [0.2, 0.25) is 0 Å². The normalized spacial score (nSPS) is 13.2. The smallest absolute Gasteiger partial charge is 0.255 e. The third kappa shape index (κ3) is 3.75. The van der Waals surface area contributed by atoms with E-state index in [9.17, 15) is 4.79 Å². The fourth-order valence-corrected chi connectivity index (χ4v) is 3.80. The number of aromatic amines is 1. The average Bonchev–Trinajstić information content (AvgIpc) is 2.94. The first-order valence-corrected chi connectivity index (χ1v) is 8.95. The number of halogens is 1. The molecule has 3 rings (SSSR count). The summed E-state index contributed by atoms with van der Waals surface area (Å²) in [5.74, 6) is 3.10. The van der Waals surface area contributed by atoms with E-state index in [-0.39, 0.29) is 5.56 Å². The van der Waals surface area contributed by atoms with Crippen LogP contribution in [0.1, 0.15) is 11.3 Å². The molecule has 2 heterocycles. The molecule has 110 valence electrons. The molecule has 0 fully saturated rings. The van der Waals surface area contributed by atoms with Gasteiger partial charge in [0.25, 0.3) is 5.56 Å². The van der Waals surface area contributed by atoms with Crippen molar-refractivity contribution >= 4 is 35.1 Å². The second-order valence-corrected chi connectivity index (χ2v) is 6.95. The molecule has 0 aliphatic carbocycles. The molecule has 0 radical (unpaired) electrons. The zero-order valence-electron chi connectivity index (χ0n) is 11.1. The third-order valence-electron chi connectivity index (χ3n) is 2.97. The highest BCUT2D eigenvalue weighted by molar-refractivity contribution is 7.99. The van der Waals surface area contributed by atoms with Gasteiger partial charge in [0.1, 0.15) is 5.75 Å². The van der Waals surface area contributed by atoms with Crippen molar-refractivity contribution in [2.75, 3.05) is 12.4 Å². The summed E-state index contributed by atoms with van der Waals surface area (Å²) in [5, 5.41) is 1.36. The highest BCUT2D eigenvalue weighted by atomic mass is 35.5. The fraction of sp³-hybridized carbons (Fsp3) is 0.286. The summed E-state index contributed by atoms with van der Waals surface area (Å²) in [4.78, 5) is 19.2. The maximum absolute atomic E-state index is 11.9. The predicted molar refractivity (Wildman–Crippen MR) is 87.5 cm³/mol. The minimum Gasteiger partial charge on any atom is -0.493 e. The molecule has 1 aliphatic rings. The number of hydrogen-bond acceptors (Lipinski definition) is 5. The number of ether oxygens (including phenoxy) is 1. The van der Waals surface area contributed by atoms with Crippen LogP contribution < -0.4 is 10.3 Å². The number of fused-ring (bicyclic) bond motifs is 1. The molecule has 2 aromatic rings. The second kappa shape index (κ2) is 6.77. The van der Waals surface area contributed by atoms with Gasteiger partial charge in [-0.2, -0.15) is 11.8 Å². The van der Waals surface area contributed by atoms with E-state index in [0.29, 0.717) is 16.8 Å². The maximum Gasteiger partial charge on any atom is 0.255 e. The van der Waals surface area contributed by atoms with E-state index in [1.54, 1.807) is 23.9 Å². The van der Waals surface area contributed by atoms with Crippen LogP contribution in [-0.2, 0) is 11.5 Å². The molecule has 0 atom stereocenters. The number of aromatic nitrogens is 2. The van der Waals surface area contributed by atoms with E-state index in [2.05, 4.69) is 9.97 Å². The van der Waals surface area contributed by atoms with Gasteiger partial charge in [0.05, 0.1) is 12.3 Å². The van der Waals surface area contributed by atoms with Crippen LogP contribution in [0.5, 0.6) is 5.75 Å². The molecule has 21 heavy (non-hydrogen) atoms. The number of nitrogens with one attached hydrogen (secondary N) is 1. The number of thioether (sulfide) groups is 2. The number of hydrogen-bond donors (Lipinski definition) is 1. The van der Waals surface area contributed by atoms with Gasteiger partial charge in [-0.3, -0.25) is 4.79 Å². The highest BCUT2D eigenvalue weighted by Gasteiger charge is 2.17. The lowest BCUT2D eigenvalue weighted by Gasteiger charge is -2.06. The van der Waals surface area contributed by atoms with E-state index in [0.717, 1.165) is 34.3 Å². The van der Waals surface area contributed by atoms with Gasteiger partial charge in [-0.05, 0) is 24.3 Å². The molecule has 1 aliphatic heterocycles. The van der Waals surface area contributed by atoms with Crippen LogP contribution in [0.25, 0.3) is 0 Å². The Hall–Kier alpha value is -1.11.